The zero-order chi connectivity index (χ0) is 16.1. The van der Waals surface area contributed by atoms with Gasteiger partial charge in [-0.1, -0.05) is 12.1 Å². The van der Waals surface area contributed by atoms with E-state index in [-0.39, 0.29) is 0 Å². The zero-order valence-corrected chi connectivity index (χ0v) is 13.2. The first kappa shape index (κ1) is 15.6. The fraction of sp³-hybridized carbons (Fsp3) is 0.389. The Morgan fingerprint density at radius 1 is 1.26 bits per heavy atom. The molecule has 1 aromatic heterocycles. The molecule has 1 aromatic carbocycles. The van der Waals surface area contributed by atoms with Gasteiger partial charge in [0, 0.05) is 18.0 Å². The number of hydrogen-bond donors (Lipinski definition) is 2. The maximum Gasteiger partial charge on any atom is 0.0922 e. The third kappa shape index (κ3) is 3.74. The van der Waals surface area contributed by atoms with E-state index in [1.807, 2.05) is 30.5 Å². The summed E-state index contributed by atoms with van der Waals surface area (Å²) in [6.45, 7) is 0.783. The number of nitrogens with zero attached hydrogens (tertiary/aromatic N) is 3. The highest BCUT2D eigenvalue weighted by Gasteiger charge is 2.27. The minimum Gasteiger partial charge on any atom is -0.404 e. The highest BCUT2D eigenvalue weighted by atomic mass is 14.8. The lowest BCUT2D eigenvalue weighted by Crippen LogP contribution is -2.27. The van der Waals surface area contributed by atoms with Gasteiger partial charge in [-0.05, 0) is 50.3 Å². The SMILES string of the molecule is NC=C(C=NC1CC(CCCN)C1)c1cnc2ccccc2n1. The molecular formula is C18H23N5. The number of nitrogens with two attached hydrogens (primary N) is 2. The lowest BCUT2D eigenvalue weighted by Gasteiger charge is -2.32. The Morgan fingerprint density at radius 3 is 2.78 bits per heavy atom. The van der Waals surface area contributed by atoms with E-state index in [0.717, 1.165) is 54.0 Å². The van der Waals surface area contributed by atoms with Crippen molar-refractivity contribution in [2.45, 2.75) is 31.7 Å². The molecule has 4 N–H and O–H groups in total. The lowest BCUT2D eigenvalue weighted by atomic mass is 9.78. The molecule has 5 heteroatoms. The first-order valence-electron chi connectivity index (χ1n) is 8.17. The largest absolute Gasteiger partial charge is 0.404 e. The molecule has 0 bridgehead atoms. The van der Waals surface area contributed by atoms with Crippen LogP contribution in [-0.4, -0.2) is 28.8 Å². The molecule has 0 aliphatic heterocycles. The summed E-state index contributed by atoms with van der Waals surface area (Å²) in [7, 11) is 0. The van der Waals surface area contributed by atoms with Gasteiger partial charge in [-0.15, -0.1) is 0 Å². The predicted molar refractivity (Wildman–Crippen MR) is 95.0 cm³/mol. The van der Waals surface area contributed by atoms with Gasteiger partial charge in [0.1, 0.15) is 0 Å². The number of para-hydroxylation sites is 2. The van der Waals surface area contributed by atoms with Gasteiger partial charge >= 0.3 is 0 Å². The van der Waals surface area contributed by atoms with Gasteiger partial charge in [0.2, 0.25) is 0 Å². The molecule has 0 radical (unpaired) electrons. The molecule has 120 valence electrons. The zero-order valence-electron chi connectivity index (χ0n) is 13.2. The topological polar surface area (TPSA) is 90.2 Å². The van der Waals surface area contributed by atoms with E-state index < -0.39 is 0 Å². The number of benzene rings is 1. The van der Waals surface area contributed by atoms with E-state index in [1.165, 1.54) is 6.42 Å². The first-order chi connectivity index (χ1) is 11.3. The summed E-state index contributed by atoms with van der Waals surface area (Å²) in [5.74, 6) is 0.784. The lowest BCUT2D eigenvalue weighted by molar-refractivity contribution is 0.249. The third-order valence-corrected chi connectivity index (χ3v) is 4.38. The van der Waals surface area contributed by atoms with E-state index in [1.54, 1.807) is 12.4 Å². The van der Waals surface area contributed by atoms with Crippen LogP contribution in [0.15, 0.2) is 41.7 Å². The number of aromatic nitrogens is 2. The van der Waals surface area contributed by atoms with Crippen molar-refractivity contribution in [3.05, 3.63) is 42.4 Å². The molecule has 0 spiro atoms. The van der Waals surface area contributed by atoms with E-state index >= 15 is 0 Å². The molecule has 5 nitrogen and oxygen atoms in total. The van der Waals surface area contributed by atoms with Crippen LogP contribution in [0.4, 0.5) is 0 Å². The maximum absolute atomic E-state index is 5.75. The number of fused-ring (bicyclic) bond motifs is 1. The van der Waals surface area contributed by atoms with Crippen molar-refractivity contribution >= 4 is 22.8 Å². The molecule has 1 fully saturated rings. The molecular weight excluding hydrogens is 286 g/mol. The van der Waals surface area contributed by atoms with Crippen LogP contribution < -0.4 is 11.5 Å². The van der Waals surface area contributed by atoms with E-state index in [4.69, 9.17) is 11.5 Å². The molecule has 0 unspecified atom stereocenters. The molecule has 1 heterocycles. The molecule has 1 saturated carbocycles. The summed E-state index contributed by atoms with van der Waals surface area (Å²) in [4.78, 5) is 13.7. The second-order valence-corrected chi connectivity index (χ2v) is 6.07. The van der Waals surface area contributed by atoms with Crippen molar-refractivity contribution in [2.24, 2.45) is 22.4 Å². The second-order valence-electron chi connectivity index (χ2n) is 6.07. The Bertz CT molecular complexity index is 716. The van der Waals surface area contributed by atoms with Crippen LogP contribution >= 0.6 is 0 Å². The maximum atomic E-state index is 5.75. The van der Waals surface area contributed by atoms with Crippen LogP contribution in [0, 0.1) is 5.92 Å². The molecule has 0 atom stereocenters. The van der Waals surface area contributed by atoms with Gasteiger partial charge in [-0.25, -0.2) is 4.98 Å². The number of allylic oxidation sites excluding steroid dienone is 1. The Labute approximate surface area is 136 Å². The van der Waals surface area contributed by atoms with Crippen LogP contribution in [0.2, 0.25) is 0 Å². The summed E-state index contributed by atoms with van der Waals surface area (Å²) in [6.07, 6.45) is 9.77. The highest BCUT2D eigenvalue weighted by Crippen LogP contribution is 2.33. The van der Waals surface area contributed by atoms with Crippen LogP contribution in [0.5, 0.6) is 0 Å². The minimum absolute atomic E-state index is 0.404. The van der Waals surface area contributed by atoms with Crippen molar-refractivity contribution < 1.29 is 0 Å². The van der Waals surface area contributed by atoms with Gasteiger partial charge in [0.25, 0.3) is 0 Å². The van der Waals surface area contributed by atoms with Crippen LogP contribution in [0.25, 0.3) is 16.6 Å². The number of hydrogen-bond acceptors (Lipinski definition) is 5. The van der Waals surface area contributed by atoms with Crippen LogP contribution in [0.1, 0.15) is 31.4 Å². The van der Waals surface area contributed by atoms with Crippen molar-refractivity contribution in [3.63, 3.8) is 0 Å². The van der Waals surface area contributed by atoms with Crippen molar-refractivity contribution in [1.29, 1.82) is 0 Å². The fourth-order valence-corrected chi connectivity index (χ4v) is 2.94. The Balaban J connectivity index is 1.65. The summed E-state index contributed by atoms with van der Waals surface area (Å²) < 4.78 is 0. The van der Waals surface area contributed by atoms with E-state index in [2.05, 4.69) is 15.0 Å². The Hall–Kier alpha value is -2.27. The molecule has 3 rings (SSSR count). The smallest absolute Gasteiger partial charge is 0.0922 e. The van der Waals surface area contributed by atoms with Crippen molar-refractivity contribution in [1.82, 2.24) is 9.97 Å². The molecule has 23 heavy (non-hydrogen) atoms. The van der Waals surface area contributed by atoms with Crippen LogP contribution in [-0.2, 0) is 0 Å². The summed E-state index contributed by atoms with van der Waals surface area (Å²) >= 11 is 0. The summed E-state index contributed by atoms with van der Waals surface area (Å²) in [5, 5.41) is 0. The van der Waals surface area contributed by atoms with Gasteiger partial charge in [0.05, 0.1) is 29.0 Å². The molecule has 1 aliphatic rings. The minimum atomic E-state index is 0.404. The summed E-state index contributed by atoms with van der Waals surface area (Å²) in [5.41, 5.74) is 14.6. The first-order valence-corrected chi connectivity index (χ1v) is 8.17. The standard InChI is InChI=1S/C18H23N5/c19-7-3-4-13-8-15(9-13)21-11-14(10-20)18-12-22-16-5-1-2-6-17(16)23-18/h1-2,5-6,10-13,15H,3-4,7-9,19-20H2. The number of aliphatic imine (C=N–C) groups is 1. The quantitative estimate of drug-likeness (QED) is 0.802. The second kappa shape index (κ2) is 7.33. The monoisotopic (exact) mass is 309 g/mol. The van der Waals surface area contributed by atoms with Gasteiger partial charge in [-0.2, -0.15) is 0 Å². The molecule has 2 aromatic rings. The fourth-order valence-electron chi connectivity index (χ4n) is 2.94. The molecule has 0 amide bonds. The van der Waals surface area contributed by atoms with Gasteiger partial charge in [0.15, 0.2) is 0 Å². The average molecular weight is 309 g/mol. The molecule has 0 saturated heterocycles. The Morgan fingerprint density at radius 2 is 2.04 bits per heavy atom. The van der Waals surface area contributed by atoms with Gasteiger partial charge in [-0.3, -0.25) is 9.98 Å². The van der Waals surface area contributed by atoms with E-state index in [9.17, 15) is 0 Å². The van der Waals surface area contributed by atoms with Crippen molar-refractivity contribution in [3.8, 4) is 0 Å². The number of rotatable bonds is 6. The van der Waals surface area contributed by atoms with Crippen molar-refractivity contribution in [2.75, 3.05) is 6.54 Å². The normalized spacial score (nSPS) is 21.7. The van der Waals surface area contributed by atoms with Crippen LogP contribution in [0.3, 0.4) is 0 Å². The van der Waals surface area contributed by atoms with E-state index in [0.29, 0.717) is 6.04 Å². The summed E-state index contributed by atoms with van der Waals surface area (Å²) in [6, 6.07) is 8.21. The molecule has 1 aliphatic carbocycles. The van der Waals surface area contributed by atoms with Gasteiger partial charge < -0.3 is 11.5 Å². The Kier molecular flexibility index (Phi) is 4.98. The predicted octanol–water partition coefficient (Wildman–Crippen LogP) is 2.52. The highest BCUT2D eigenvalue weighted by molar-refractivity contribution is 6.09. The average Bonchev–Trinajstić information content (AvgIpc) is 2.56. The third-order valence-electron chi connectivity index (χ3n) is 4.38.